The van der Waals surface area contributed by atoms with Gasteiger partial charge in [-0.25, -0.2) is 0 Å². The summed E-state index contributed by atoms with van der Waals surface area (Å²) in [6.45, 7) is 1.86. The van der Waals surface area contributed by atoms with Crippen LogP contribution in [-0.2, 0) is 17.6 Å². The molecule has 0 aliphatic heterocycles. The minimum absolute atomic E-state index is 0.132. The van der Waals surface area contributed by atoms with Crippen molar-refractivity contribution in [1.82, 2.24) is 5.32 Å². The van der Waals surface area contributed by atoms with Crippen LogP contribution in [0.4, 0.5) is 0 Å². The number of nitriles is 1. The molecule has 17 heavy (non-hydrogen) atoms. The topological polar surface area (TPSA) is 52.9 Å². The normalized spacial score (nSPS) is 16.0. The number of fused-ring (bicyclic) bond motifs is 1. The quantitative estimate of drug-likeness (QED) is 0.858. The number of nitrogens with zero attached hydrogens (tertiary/aromatic N) is 1. The van der Waals surface area contributed by atoms with Gasteiger partial charge in [-0.05, 0) is 30.4 Å². The molecule has 2 rings (SSSR count). The molecular formula is C14H16N2O. The Morgan fingerprint density at radius 3 is 2.53 bits per heavy atom. The molecule has 0 fully saturated rings. The highest BCUT2D eigenvalue weighted by atomic mass is 16.1. The third-order valence-electron chi connectivity index (χ3n) is 3.28. The fourth-order valence-corrected chi connectivity index (χ4v) is 2.30. The fourth-order valence-electron chi connectivity index (χ4n) is 2.30. The molecule has 0 heterocycles. The van der Waals surface area contributed by atoms with Gasteiger partial charge in [0.15, 0.2) is 0 Å². The van der Waals surface area contributed by atoms with Crippen LogP contribution in [-0.4, -0.2) is 11.9 Å². The minimum Gasteiger partial charge on any atom is -0.352 e. The molecule has 0 spiro atoms. The number of benzene rings is 1. The average molecular weight is 228 g/mol. The van der Waals surface area contributed by atoms with E-state index in [1.54, 1.807) is 0 Å². The van der Waals surface area contributed by atoms with Crippen molar-refractivity contribution in [1.29, 1.82) is 5.26 Å². The van der Waals surface area contributed by atoms with Gasteiger partial charge >= 0.3 is 0 Å². The molecule has 0 radical (unpaired) electrons. The van der Waals surface area contributed by atoms with Crippen molar-refractivity contribution >= 4 is 5.91 Å². The first-order chi connectivity index (χ1) is 8.24. The van der Waals surface area contributed by atoms with Crippen LogP contribution in [0.3, 0.4) is 0 Å². The number of carbonyl (C=O) groups excluding carboxylic acids is 1. The van der Waals surface area contributed by atoms with Crippen molar-refractivity contribution < 1.29 is 4.79 Å². The summed E-state index contributed by atoms with van der Waals surface area (Å²) in [7, 11) is 0. The largest absolute Gasteiger partial charge is 0.352 e. The van der Waals surface area contributed by atoms with Gasteiger partial charge in [0, 0.05) is 6.04 Å². The van der Waals surface area contributed by atoms with E-state index in [1.807, 2.05) is 25.1 Å². The monoisotopic (exact) mass is 228 g/mol. The number of carbonyl (C=O) groups is 1. The first kappa shape index (κ1) is 11.7. The zero-order chi connectivity index (χ0) is 12.3. The maximum Gasteiger partial charge on any atom is 0.237 e. The van der Waals surface area contributed by atoms with E-state index in [0.717, 1.165) is 12.8 Å². The smallest absolute Gasteiger partial charge is 0.237 e. The lowest BCUT2D eigenvalue weighted by atomic mass is 10.1. The molecular weight excluding hydrogens is 212 g/mol. The Bertz CT molecular complexity index is 437. The molecule has 0 aromatic heterocycles. The van der Waals surface area contributed by atoms with Crippen molar-refractivity contribution in [2.24, 2.45) is 5.92 Å². The first-order valence-electron chi connectivity index (χ1n) is 6.01. The van der Waals surface area contributed by atoms with E-state index in [1.165, 1.54) is 11.1 Å². The van der Waals surface area contributed by atoms with E-state index in [2.05, 4.69) is 17.4 Å². The summed E-state index contributed by atoms with van der Waals surface area (Å²) in [5.74, 6) is -0.647. The van der Waals surface area contributed by atoms with Crippen LogP contribution in [0.2, 0.25) is 0 Å². The Hall–Kier alpha value is -1.82. The molecule has 1 aromatic rings. The Morgan fingerprint density at radius 2 is 2.06 bits per heavy atom. The third-order valence-corrected chi connectivity index (χ3v) is 3.28. The van der Waals surface area contributed by atoms with Gasteiger partial charge in [-0.2, -0.15) is 5.26 Å². The van der Waals surface area contributed by atoms with Crippen LogP contribution >= 0.6 is 0 Å². The Kier molecular flexibility index (Phi) is 3.43. The lowest BCUT2D eigenvalue weighted by Crippen LogP contribution is -2.38. The van der Waals surface area contributed by atoms with Crippen LogP contribution in [0.15, 0.2) is 24.3 Å². The molecule has 3 heteroatoms. The molecule has 0 saturated carbocycles. The molecule has 88 valence electrons. The van der Waals surface area contributed by atoms with Crippen LogP contribution in [0, 0.1) is 17.2 Å². The Morgan fingerprint density at radius 1 is 1.47 bits per heavy atom. The van der Waals surface area contributed by atoms with Gasteiger partial charge in [-0.1, -0.05) is 31.2 Å². The second-order valence-corrected chi connectivity index (χ2v) is 4.47. The van der Waals surface area contributed by atoms with E-state index < -0.39 is 5.92 Å². The maximum atomic E-state index is 11.8. The predicted octanol–water partition coefficient (Wildman–Crippen LogP) is 1.82. The Labute approximate surface area is 101 Å². The second kappa shape index (κ2) is 5.01. The van der Waals surface area contributed by atoms with Gasteiger partial charge < -0.3 is 5.32 Å². The van der Waals surface area contributed by atoms with Crippen molar-refractivity contribution in [3.8, 4) is 6.07 Å². The number of nitrogens with one attached hydrogen (secondary N) is 1. The maximum absolute atomic E-state index is 11.8. The number of hydrogen-bond acceptors (Lipinski definition) is 2. The van der Waals surface area contributed by atoms with E-state index in [4.69, 9.17) is 5.26 Å². The minimum atomic E-state index is -0.515. The zero-order valence-electron chi connectivity index (χ0n) is 9.94. The standard InChI is InChI=1S/C14H16N2O/c1-2-10(9-15)14(17)16-13-7-11-5-3-4-6-12(11)8-13/h3-6,10,13H,2,7-8H2,1H3,(H,16,17). The fraction of sp³-hybridized carbons (Fsp3) is 0.429. The lowest BCUT2D eigenvalue weighted by Gasteiger charge is -2.14. The van der Waals surface area contributed by atoms with Crippen molar-refractivity contribution in [2.75, 3.05) is 0 Å². The summed E-state index contributed by atoms with van der Waals surface area (Å²) in [4.78, 5) is 11.8. The number of rotatable bonds is 3. The number of amides is 1. The highest BCUT2D eigenvalue weighted by molar-refractivity contribution is 5.81. The SMILES string of the molecule is CCC(C#N)C(=O)NC1Cc2ccccc2C1. The predicted molar refractivity (Wildman–Crippen MR) is 65.2 cm³/mol. The van der Waals surface area contributed by atoms with E-state index in [0.29, 0.717) is 6.42 Å². The van der Waals surface area contributed by atoms with Crippen LogP contribution in [0.1, 0.15) is 24.5 Å². The zero-order valence-corrected chi connectivity index (χ0v) is 9.94. The summed E-state index contributed by atoms with van der Waals surface area (Å²) in [6.07, 6.45) is 2.33. The highest BCUT2D eigenvalue weighted by Gasteiger charge is 2.25. The molecule has 1 amide bonds. The summed E-state index contributed by atoms with van der Waals surface area (Å²) >= 11 is 0. The van der Waals surface area contributed by atoms with Gasteiger partial charge in [-0.15, -0.1) is 0 Å². The molecule has 1 aliphatic carbocycles. The molecule has 1 atom stereocenters. The number of hydrogen-bond donors (Lipinski definition) is 1. The summed E-state index contributed by atoms with van der Waals surface area (Å²) in [5, 5.41) is 11.8. The molecule has 0 saturated heterocycles. The van der Waals surface area contributed by atoms with Crippen molar-refractivity contribution in [3.05, 3.63) is 35.4 Å². The van der Waals surface area contributed by atoms with Crippen LogP contribution in [0.5, 0.6) is 0 Å². The van der Waals surface area contributed by atoms with Crippen LogP contribution in [0.25, 0.3) is 0 Å². The molecule has 1 aromatic carbocycles. The molecule has 1 N–H and O–H groups in total. The molecule has 1 unspecified atom stereocenters. The summed E-state index contributed by atoms with van der Waals surface area (Å²) < 4.78 is 0. The van der Waals surface area contributed by atoms with Gasteiger partial charge in [0.05, 0.1) is 6.07 Å². The lowest BCUT2D eigenvalue weighted by molar-refractivity contribution is -0.124. The Balaban J connectivity index is 1.96. The van der Waals surface area contributed by atoms with Gasteiger partial charge in [0.1, 0.15) is 5.92 Å². The van der Waals surface area contributed by atoms with Gasteiger partial charge in [0.25, 0.3) is 0 Å². The van der Waals surface area contributed by atoms with E-state index in [-0.39, 0.29) is 11.9 Å². The summed E-state index contributed by atoms with van der Waals surface area (Å²) in [5.41, 5.74) is 2.62. The molecule has 3 nitrogen and oxygen atoms in total. The molecule has 1 aliphatic rings. The van der Waals surface area contributed by atoms with Crippen LogP contribution < -0.4 is 5.32 Å². The van der Waals surface area contributed by atoms with E-state index in [9.17, 15) is 4.79 Å². The second-order valence-electron chi connectivity index (χ2n) is 4.47. The third kappa shape index (κ3) is 2.47. The van der Waals surface area contributed by atoms with Crippen molar-refractivity contribution in [3.63, 3.8) is 0 Å². The first-order valence-corrected chi connectivity index (χ1v) is 6.01. The average Bonchev–Trinajstić information content (AvgIpc) is 2.72. The van der Waals surface area contributed by atoms with Gasteiger partial charge in [-0.3, -0.25) is 4.79 Å². The van der Waals surface area contributed by atoms with Crippen molar-refractivity contribution in [2.45, 2.75) is 32.2 Å². The van der Waals surface area contributed by atoms with E-state index >= 15 is 0 Å². The summed E-state index contributed by atoms with van der Waals surface area (Å²) in [6, 6.07) is 10.4. The molecule has 0 bridgehead atoms. The highest BCUT2D eigenvalue weighted by Crippen LogP contribution is 2.21. The van der Waals surface area contributed by atoms with Gasteiger partial charge in [0.2, 0.25) is 5.91 Å².